The Morgan fingerprint density at radius 3 is 2.15 bits per heavy atom. The smallest absolute Gasteiger partial charge is 0.303 e. The van der Waals surface area contributed by atoms with Crippen LogP contribution in [0.2, 0.25) is 0 Å². The molecule has 0 aromatic carbocycles. The third kappa shape index (κ3) is 3.15. The number of phosphoric ester groups is 1. The monoisotopic (exact) mass is 209 g/mol. The van der Waals surface area contributed by atoms with Gasteiger partial charge < -0.3 is 9.79 Å². The molecule has 0 aromatic rings. The van der Waals surface area contributed by atoms with Gasteiger partial charge in [-0.25, -0.2) is 4.57 Å². The first-order chi connectivity index (χ1) is 5.97. The molecule has 0 bridgehead atoms. The average molecular weight is 209 g/mol. The van der Waals surface area contributed by atoms with Crippen molar-refractivity contribution in [3.63, 3.8) is 0 Å². The predicted molar refractivity (Wildman–Crippen MR) is 44.7 cm³/mol. The molecule has 7 heteroatoms. The SMILES string of the molecule is O=NC1(OP(=O)(O)O)CCCCC1. The summed E-state index contributed by atoms with van der Waals surface area (Å²) in [5, 5.41) is 2.70. The maximum Gasteiger partial charge on any atom is 0.471 e. The number of phosphoric acid groups is 1. The van der Waals surface area contributed by atoms with Crippen LogP contribution in [0.5, 0.6) is 0 Å². The van der Waals surface area contributed by atoms with Gasteiger partial charge >= 0.3 is 7.82 Å². The second-order valence-corrected chi connectivity index (χ2v) is 4.34. The number of hydrogen-bond acceptors (Lipinski definition) is 4. The van der Waals surface area contributed by atoms with Crippen LogP contribution < -0.4 is 0 Å². The van der Waals surface area contributed by atoms with Crippen molar-refractivity contribution in [2.75, 3.05) is 0 Å². The molecule has 1 aliphatic rings. The van der Waals surface area contributed by atoms with Crippen molar-refractivity contribution in [3.8, 4) is 0 Å². The van der Waals surface area contributed by atoms with Crippen LogP contribution >= 0.6 is 7.82 Å². The van der Waals surface area contributed by atoms with Gasteiger partial charge in [0.2, 0.25) is 5.72 Å². The summed E-state index contributed by atoms with van der Waals surface area (Å²) in [6.45, 7) is 0. The molecule has 2 N–H and O–H groups in total. The van der Waals surface area contributed by atoms with Crippen LogP contribution in [0.1, 0.15) is 32.1 Å². The molecule has 76 valence electrons. The molecule has 6 nitrogen and oxygen atoms in total. The highest BCUT2D eigenvalue weighted by molar-refractivity contribution is 7.46. The van der Waals surface area contributed by atoms with Gasteiger partial charge in [-0.15, -0.1) is 4.91 Å². The third-order valence-electron chi connectivity index (χ3n) is 2.09. The highest BCUT2D eigenvalue weighted by atomic mass is 31.2. The normalized spacial score (nSPS) is 22.6. The maximum atomic E-state index is 10.5. The number of nitroso groups, excluding NO2 is 1. The van der Waals surface area contributed by atoms with E-state index < -0.39 is 13.5 Å². The fourth-order valence-corrected chi connectivity index (χ4v) is 2.18. The van der Waals surface area contributed by atoms with E-state index in [2.05, 4.69) is 9.70 Å². The van der Waals surface area contributed by atoms with Crippen LogP contribution in [0.15, 0.2) is 5.18 Å². The van der Waals surface area contributed by atoms with Gasteiger partial charge in [-0.1, -0.05) is 6.42 Å². The molecule has 1 rings (SSSR count). The molecular formula is C6H12NO5P. The molecule has 0 aromatic heterocycles. The summed E-state index contributed by atoms with van der Waals surface area (Å²) in [5.41, 5.74) is -1.49. The Labute approximate surface area is 75.5 Å². The lowest BCUT2D eigenvalue weighted by atomic mass is 9.93. The van der Waals surface area contributed by atoms with E-state index >= 15 is 0 Å². The fourth-order valence-electron chi connectivity index (χ4n) is 1.52. The van der Waals surface area contributed by atoms with Gasteiger partial charge in [0.25, 0.3) is 0 Å². The van der Waals surface area contributed by atoms with Gasteiger partial charge in [0, 0.05) is 12.8 Å². The Bertz CT molecular complexity index is 231. The zero-order valence-electron chi connectivity index (χ0n) is 7.05. The van der Waals surface area contributed by atoms with Crippen molar-refractivity contribution in [2.24, 2.45) is 5.18 Å². The molecule has 0 heterocycles. The first-order valence-electron chi connectivity index (χ1n) is 4.08. The summed E-state index contributed by atoms with van der Waals surface area (Å²) in [4.78, 5) is 27.6. The second kappa shape index (κ2) is 3.84. The van der Waals surface area contributed by atoms with Crippen LogP contribution in [0, 0.1) is 4.91 Å². The van der Waals surface area contributed by atoms with Gasteiger partial charge in [-0.3, -0.25) is 4.52 Å². The molecule has 13 heavy (non-hydrogen) atoms. The lowest BCUT2D eigenvalue weighted by molar-refractivity contribution is 0.00895. The van der Waals surface area contributed by atoms with Crippen molar-refractivity contribution >= 4 is 7.82 Å². The Kier molecular flexibility index (Phi) is 3.18. The van der Waals surface area contributed by atoms with Gasteiger partial charge in [-0.2, -0.15) is 0 Å². The third-order valence-corrected chi connectivity index (χ3v) is 2.67. The molecule has 0 saturated heterocycles. The summed E-state index contributed by atoms with van der Waals surface area (Å²) in [7, 11) is -4.61. The summed E-state index contributed by atoms with van der Waals surface area (Å²) in [5.74, 6) is 0. The number of rotatable bonds is 3. The lowest BCUT2D eigenvalue weighted by Gasteiger charge is -2.29. The predicted octanol–water partition coefficient (Wildman–Crippen LogP) is 1.52. The first kappa shape index (κ1) is 10.8. The molecular weight excluding hydrogens is 197 g/mol. The van der Waals surface area contributed by atoms with Gasteiger partial charge in [0.1, 0.15) is 0 Å². The van der Waals surface area contributed by atoms with Crippen LogP contribution in [-0.4, -0.2) is 15.5 Å². The van der Waals surface area contributed by atoms with E-state index in [1.807, 2.05) is 0 Å². The number of hydrogen-bond donors (Lipinski definition) is 2. The summed E-state index contributed by atoms with van der Waals surface area (Å²) < 4.78 is 14.9. The van der Waals surface area contributed by atoms with Crippen molar-refractivity contribution < 1.29 is 18.9 Å². The van der Waals surface area contributed by atoms with Crippen LogP contribution in [0.3, 0.4) is 0 Å². The topological polar surface area (TPSA) is 96.2 Å². The minimum absolute atomic E-state index is 0.293. The van der Waals surface area contributed by atoms with Gasteiger partial charge in [0.15, 0.2) is 0 Å². The standard InChI is InChI=1S/C6H12NO5P/c8-7-6(12-13(9,10)11)4-2-1-3-5-6/h1-5H2,(H2,9,10,11). The lowest BCUT2D eigenvalue weighted by Crippen LogP contribution is -2.31. The van der Waals surface area contributed by atoms with Crippen molar-refractivity contribution in [2.45, 2.75) is 37.8 Å². The van der Waals surface area contributed by atoms with E-state index in [4.69, 9.17) is 9.79 Å². The second-order valence-electron chi connectivity index (χ2n) is 3.18. The Hall–Kier alpha value is -0.290. The van der Waals surface area contributed by atoms with Crippen molar-refractivity contribution in [3.05, 3.63) is 4.91 Å². The van der Waals surface area contributed by atoms with Crippen LogP contribution in [0.4, 0.5) is 0 Å². The first-order valence-corrected chi connectivity index (χ1v) is 5.61. The molecule has 0 spiro atoms. The minimum Gasteiger partial charge on any atom is -0.303 e. The zero-order chi connectivity index (χ0) is 9.95. The molecule has 0 radical (unpaired) electrons. The Morgan fingerprint density at radius 2 is 1.77 bits per heavy atom. The molecule has 1 aliphatic carbocycles. The quantitative estimate of drug-likeness (QED) is 0.542. The maximum absolute atomic E-state index is 10.5. The van der Waals surface area contributed by atoms with Crippen LogP contribution in [-0.2, 0) is 9.09 Å². The highest BCUT2D eigenvalue weighted by Crippen LogP contribution is 2.47. The largest absolute Gasteiger partial charge is 0.471 e. The molecule has 0 atom stereocenters. The van der Waals surface area contributed by atoms with E-state index in [-0.39, 0.29) is 0 Å². The van der Waals surface area contributed by atoms with Gasteiger partial charge in [0.05, 0.1) is 0 Å². The van der Waals surface area contributed by atoms with Gasteiger partial charge in [-0.05, 0) is 18.0 Å². The summed E-state index contributed by atoms with van der Waals surface area (Å²) >= 11 is 0. The van der Waals surface area contributed by atoms with Crippen molar-refractivity contribution in [1.82, 2.24) is 0 Å². The molecule has 0 amide bonds. The number of nitrogens with zero attached hydrogens (tertiary/aromatic N) is 1. The fraction of sp³-hybridized carbons (Fsp3) is 1.00. The molecule has 1 saturated carbocycles. The van der Waals surface area contributed by atoms with E-state index in [1.54, 1.807) is 0 Å². The average Bonchev–Trinajstić information content (AvgIpc) is 2.03. The van der Waals surface area contributed by atoms with E-state index in [9.17, 15) is 9.47 Å². The van der Waals surface area contributed by atoms with E-state index in [0.29, 0.717) is 25.7 Å². The Balaban J connectivity index is 2.68. The van der Waals surface area contributed by atoms with E-state index in [1.165, 1.54) is 0 Å². The zero-order valence-corrected chi connectivity index (χ0v) is 7.94. The van der Waals surface area contributed by atoms with Crippen LogP contribution in [0.25, 0.3) is 0 Å². The van der Waals surface area contributed by atoms with E-state index in [0.717, 1.165) is 6.42 Å². The molecule has 1 fully saturated rings. The molecule has 0 aliphatic heterocycles. The minimum atomic E-state index is -4.61. The molecule has 0 unspecified atom stereocenters. The summed E-state index contributed by atoms with van der Waals surface area (Å²) in [6, 6.07) is 0. The van der Waals surface area contributed by atoms with Crippen molar-refractivity contribution in [1.29, 1.82) is 0 Å². The summed E-state index contributed by atoms with van der Waals surface area (Å²) in [6.07, 6.45) is 2.96. The Morgan fingerprint density at radius 1 is 1.23 bits per heavy atom. The highest BCUT2D eigenvalue weighted by Gasteiger charge is 2.40.